The maximum atomic E-state index is 12.4. The van der Waals surface area contributed by atoms with Gasteiger partial charge in [0.05, 0.1) is 25.0 Å². The number of rotatable bonds is 3. The van der Waals surface area contributed by atoms with E-state index in [9.17, 15) is 4.79 Å². The van der Waals surface area contributed by atoms with Crippen molar-refractivity contribution in [3.8, 4) is 34.1 Å². The smallest absolute Gasteiger partial charge is 0.200 e. The van der Waals surface area contributed by atoms with E-state index >= 15 is 0 Å². The molecule has 1 spiro atoms. The summed E-state index contributed by atoms with van der Waals surface area (Å²) in [4.78, 5) is 25.6. The molecule has 0 saturated heterocycles. The van der Waals surface area contributed by atoms with Crippen molar-refractivity contribution in [1.29, 1.82) is 0 Å². The van der Waals surface area contributed by atoms with Gasteiger partial charge in [-0.15, -0.1) is 0 Å². The van der Waals surface area contributed by atoms with E-state index in [4.69, 9.17) is 29.4 Å². The first-order chi connectivity index (χ1) is 22.4. The van der Waals surface area contributed by atoms with Crippen molar-refractivity contribution in [3.63, 3.8) is 0 Å². The largest absolute Gasteiger partial charge is 0.497 e. The SMILES string of the molecule is COc1ccc2c(c1)C1(CCSC(N)=N1)c1cc(-c3cncnc3)ccc1O2.COc1ccc2oc3ccc(Br)cc3c(=O)c2c1. The summed E-state index contributed by atoms with van der Waals surface area (Å²) >= 11 is 4.93. The fourth-order valence-electron chi connectivity index (χ4n) is 5.79. The van der Waals surface area contributed by atoms with Crippen LogP contribution < -0.4 is 25.4 Å². The Hall–Kier alpha value is -4.87. The molecule has 1 unspecified atom stereocenters. The zero-order valence-electron chi connectivity index (χ0n) is 24.8. The molecule has 0 saturated carbocycles. The Balaban J connectivity index is 0.000000162. The molecule has 0 aliphatic carbocycles. The van der Waals surface area contributed by atoms with Crippen molar-refractivity contribution in [2.75, 3.05) is 20.0 Å². The number of aromatic nitrogens is 2. The van der Waals surface area contributed by atoms with Gasteiger partial charge in [-0.25, -0.2) is 15.0 Å². The molecule has 2 aliphatic heterocycles. The van der Waals surface area contributed by atoms with Crippen LogP contribution in [-0.2, 0) is 5.54 Å². The second-order valence-corrected chi connectivity index (χ2v) is 12.7. The number of hydrogen-bond acceptors (Lipinski definition) is 10. The molecule has 4 aromatic carbocycles. The summed E-state index contributed by atoms with van der Waals surface area (Å²) in [5.41, 5.74) is 10.6. The highest BCUT2D eigenvalue weighted by Gasteiger charge is 2.44. The van der Waals surface area contributed by atoms with Crippen molar-refractivity contribution in [2.45, 2.75) is 12.0 Å². The van der Waals surface area contributed by atoms with E-state index in [1.54, 1.807) is 68.7 Å². The van der Waals surface area contributed by atoms with Gasteiger partial charge in [0.25, 0.3) is 0 Å². The van der Waals surface area contributed by atoms with Gasteiger partial charge in [0.1, 0.15) is 46.0 Å². The number of aliphatic imine (C=N–C) groups is 1. The summed E-state index contributed by atoms with van der Waals surface area (Å²) in [7, 11) is 3.23. The van der Waals surface area contributed by atoms with E-state index in [-0.39, 0.29) is 5.43 Å². The predicted molar refractivity (Wildman–Crippen MR) is 184 cm³/mol. The summed E-state index contributed by atoms with van der Waals surface area (Å²) < 4.78 is 23.4. The van der Waals surface area contributed by atoms with Crippen LogP contribution >= 0.6 is 27.7 Å². The quantitative estimate of drug-likeness (QED) is 0.186. The van der Waals surface area contributed by atoms with Crippen molar-refractivity contribution in [3.05, 3.63) is 117 Å². The van der Waals surface area contributed by atoms with Gasteiger partial charge in [0.15, 0.2) is 5.17 Å². The van der Waals surface area contributed by atoms with Crippen LogP contribution in [0.4, 0.5) is 0 Å². The Kier molecular flexibility index (Phi) is 7.87. The Morgan fingerprint density at radius 1 is 0.826 bits per heavy atom. The lowest BCUT2D eigenvalue weighted by Gasteiger charge is -2.39. The molecule has 4 heterocycles. The third-order valence-corrected chi connectivity index (χ3v) is 9.31. The molecule has 2 N–H and O–H groups in total. The van der Waals surface area contributed by atoms with Crippen LogP contribution in [0, 0.1) is 0 Å². The first-order valence-electron chi connectivity index (χ1n) is 14.3. The number of benzene rings is 4. The molecule has 0 amide bonds. The number of nitrogens with two attached hydrogens (primary N) is 1. The molecule has 8 rings (SSSR count). The van der Waals surface area contributed by atoms with Gasteiger partial charge in [-0.3, -0.25) is 4.79 Å². The van der Waals surface area contributed by atoms with Crippen LogP contribution in [0.2, 0.25) is 0 Å². The summed E-state index contributed by atoms with van der Waals surface area (Å²) in [6.45, 7) is 0. The highest BCUT2D eigenvalue weighted by Crippen LogP contribution is 2.54. The Morgan fingerprint density at radius 2 is 1.48 bits per heavy atom. The molecule has 1 atom stereocenters. The van der Waals surface area contributed by atoms with Crippen LogP contribution in [0.3, 0.4) is 0 Å². The van der Waals surface area contributed by atoms with Gasteiger partial charge >= 0.3 is 0 Å². The van der Waals surface area contributed by atoms with Crippen LogP contribution in [0.5, 0.6) is 23.0 Å². The van der Waals surface area contributed by atoms with Gasteiger partial charge in [-0.05, 0) is 78.7 Å². The number of hydrogen-bond donors (Lipinski definition) is 1. The van der Waals surface area contributed by atoms with Crippen LogP contribution in [0.15, 0.2) is 110 Å². The van der Waals surface area contributed by atoms with E-state index in [2.05, 4.69) is 32.0 Å². The van der Waals surface area contributed by atoms with E-state index in [0.717, 1.165) is 56.1 Å². The Morgan fingerprint density at radius 3 is 2.22 bits per heavy atom. The van der Waals surface area contributed by atoms with E-state index in [0.29, 0.717) is 32.9 Å². The summed E-state index contributed by atoms with van der Waals surface area (Å²) in [5, 5.41) is 1.67. The number of thioether (sulfide) groups is 1. The predicted octanol–water partition coefficient (Wildman–Crippen LogP) is 7.67. The minimum atomic E-state index is -0.599. The molecule has 11 heteroatoms. The van der Waals surface area contributed by atoms with Crippen molar-refractivity contribution < 1.29 is 18.6 Å². The summed E-state index contributed by atoms with van der Waals surface area (Å²) in [6.07, 6.45) is 5.95. The second kappa shape index (κ2) is 12.1. The third-order valence-electron chi connectivity index (χ3n) is 8.02. The van der Waals surface area contributed by atoms with Gasteiger partial charge in [0.2, 0.25) is 5.43 Å². The Labute approximate surface area is 276 Å². The average molecular weight is 696 g/mol. The highest BCUT2D eigenvalue weighted by atomic mass is 79.9. The number of amidine groups is 1. The van der Waals surface area contributed by atoms with Gasteiger partial charge in [-0.2, -0.15) is 0 Å². The van der Waals surface area contributed by atoms with Crippen LogP contribution in [0.1, 0.15) is 17.5 Å². The summed E-state index contributed by atoms with van der Waals surface area (Å²) in [5.74, 6) is 3.87. The molecule has 6 aromatic rings. The molecule has 230 valence electrons. The molecule has 0 fully saturated rings. The zero-order valence-corrected chi connectivity index (χ0v) is 27.2. The number of methoxy groups -OCH3 is 2. The fourth-order valence-corrected chi connectivity index (χ4v) is 6.97. The van der Waals surface area contributed by atoms with Crippen molar-refractivity contribution in [1.82, 2.24) is 9.97 Å². The number of ether oxygens (including phenoxy) is 3. The van der Waals surface area contributed by atoms with Crippen molar-refractivity contribution >= 4 is 54.8 Å². The standard InChI is InChI=1S/C21H18N4O2S.C14H9BrO3/c1-26-15-3-5-19-17(9-15)21(6-7-28-20(22)25-21)16-8-13(2-4-18(16)27-19)14-10-23-12-24-11-14;1-17-9-3-5-13-11(7-9)14(16)10-6-8(15)2-4-12(10)18-13/h2-5,8-12H,6-7H2,1H3,(H2,22,25);2-7H,1H3. The van der Waals surface area contributed by atoms with E-state index in [1.165, 1.54) is 6.33 Å². The minimum absolute atomic E-state index is 0.0496. The first kappa shape index (κ1) is 29.8. The lowest BCUT2D eigenvalue weighted by atomic mass is 9.77. The van der Waals surface area contributed by atoms with Gasteiger partial charge in [-0.1, -0.05) is 33.8 Å². The molecule has 46 heavy (non-hydrogen) atoms. The van der Waals surface area contributed by atoms with Gasteiger partial charge in [0, 0.05) is 39.3 Å². The number of halogens is 1. The van der Waals surface area contributed by atoms with Crippen LogP contribution in [-0.4, -0.2) is 35.1 Å². The maximum Gasteiger partial charge on any atom is 0.200 e. The fraction of sp³-hybridized carbons (Fsp3) is 0.143. The first-order valence-corrected chi connectivity index (χ1v) is 16.1. The monoisotopic (exact) mass is 694 g/mol. The van der Waals surface area contributed by atoms with Crippen molar-refractivity contribution in [2.24, 2.45) is 10.7 Å². The van der Waals surface area contributed by atoms with Crippen LogP contribution in [0.25, 0.3) is 33.1 Å². The lowest BCUT2D eigenvalue weighted by Crippen LogP contribution is -2.35. The molecule has 2 aliphatic rings. The van der Waals surface area contributed by atoms with E-state index < -0.39 is 5.54 Å². The third kappa shape index (κ3) is 5.35. The summed E-state index contributed by atoms with van der Waals surface area (Å²) in [6, 6.07) is 22.6. The topological polar surface area (TPSA) is 122 Å². The zero-order chi connectivity index (χ0) is 31.8. The average Bonchev–Trinajstić information content (AvgIpc) is 3.09. The maximum absolute atomic E-state index is 12.4. The number of nitrogens with zero attached hydrogens (tertiary/aromatic N) is 3. The minimum Gasteiger partial charge on any atom is -0.497 e. The molecule has 0 bridgehead atoms. The highest BCUT2D eigenvalue weighted by molar-refractivity contribution is 9.10. The Bertz CT molecular complexity index is 2210. The van der Waals surface area contributed by atoms with Gasteiger partial charge < -0.3 is 24.4 Å². The normalized spacial score (nSPS) is 16.5. The molecular formula is C35H27BrN4O5S. The lowest BCUT2D eigenvalue weighted by molar-refractivity contribution is 0.380. The molecule has 0 radical (unpaired) electrons. The molecule has 9 nitrogen and oxygen atoms in total. The molecule has 2 aromatic heterocycles. The van der Waals surface area contributed by atoms with E-state index in [1.807, 2.05) is 36.4 Å². The number of fused-ring (bicyclic) bond motifs is 6. The second-order valence-electron chi connectivity index (χ2n) is 10.6. The molecular weight excluding hydrogens is 668 g/mol.